The van der Waals surface area contributed by atoms with Crippen LogP contribution in [0.3, 0.4) is 0 Å². The summed E-state index contributed by atoms with van der Waals surface area (Å²) in [5.74, 6) is -2.37. The van der Waals surface area contributed by atoms with Crippen LogP contribution in [0.4, 0.5) is 4.79 Å². The van der Waals surface area contributed by atoms with Gasteiger partial charge in [0.15, 0.2) is 0 Å². The molecule has 1 aromatic heterocycles. The summed E-state index contributed by atoms with van der Waals surface area (Å²) >= 11 is 0. The zero-order valence-corrected chi connectivity index (χ0v) is 16.6. The molecule has 1 atom stereocenters. The summed E-state index contributed by atoms with van der Waals surface area (Å²) in [6.45, 7) is 2.89. The van der Waals surface area contributed by atoms with Crippen LogP contribution in [-0.2, 0) is 27.5 Å². The number of aliphatic carboxylic acids is 2. The number of unbranched alkanes of at least 4 members (excludes halogenated alkanes) is 2. The van der Waals surface area contributed by atoms with Crippen molar-refractivity contribution in [2.24, 2.45) is 0 Å². The Labute approximate surface area is 169 Å². The van der Waals surface area contributed by atoms with Crippen LogP contribution < -0.4 is 16.0 Å². The van der Waals surface area contributed by atoms with Crippen LogP contribution in [0.5, 0.6) is 0 Å². The number of hydrogen-bond donors (Lipinski definition) is 5. The Bertz CT molecular complexity index is 638. The van der Waals surface area contributed by atoms with Crippen LogP contribution in [-0.4, -0.2) is 76.0 Å². The lowest BCUT2D eigenvalue weighted by Gasteiger charge is -2.14. The Morgan fingerprint density at radius 1 is 1.21 bits per heavy atom. The normalized spacial score (nSPS) is 11.8. The summed E-state index contributed by atoms with van der Waals surface area (Å²) in [6, 6.07) is -1.85. The van der Waals surface area contributed by atoms with Gasteiger partial charge in [-0.25, -0.2) is 9.59 Å². The van der Waals surface area contributed by atoms with E-state index in [9.17, 15) is 14.4 Å². The van der Waals surface area contributed by atoms with Crippen molar-refractivity contribution in [3.05, 3.63) is 11.9 Å². The van der Waals surface area contributed by atoms with Crippen LogP contribution in [0.2, 0.25) is 0 Å². The van der Waals surface area contributed by atoms with Gasteiger partial charge in [0.25, 0.3) is 0 Å². The van der Waals surface area contributed by atoms with Crippen molar-refractivity contribution in [1.29, 1.82) is 0 Å². The number of carboxylic acid groups (broad SMARTS) is 2. The SMILES string of the molecule is CNCCOCc1cn(CCCCCNC(=O)N[C@@H](CCC(=O)O)C(=O)O)nn1. The molecular weight excluding hydrogens is 384 g/mol. The van der Waals surface area contributed by atoms with Gasteiger partial charge in [0.1, 0.15) is 11.7 Å². The van der Waals surface area contributed by atoms with Crippen LogP contribution >= 0.6 is 0 Å². The topological polar surface area (TPSA) is 168 Å². The zero-order valence-electron chi connectivity index (χ0n) is 16.6. The predicted octanol–water partition coefficient (Wildman–Crippen LogP) is -0.198. The van der Waals surface area contributed by atoms with E-state index in [0.29, 0.717) is 26.3 Å². The highest BCUT2D eigenvalue weighted by Gasteiger charge is 2.20. The van der Waals surface area contributed by atoms with E-state index in [1.54, 1.807) is 4.68 Å². The summed E-state index contributed by atoms with van der Waals surface area (Å²) in [5.41, 5.74) is 0.773. The summed E-state index contributed by atoms with van der Waals surface area (Å²) < 4.78 is 7.18. The first kappa shape index (κ1) is 24.3. The molecule has 0 aliphatic rings. The number of hydrogen-bond acceptors (Lipinski definition) is 7. The predicted molar refractivity (Wildman–Crippen MR) is 102 cm³/mol. The van der Waals surface area contributed by atoms with Gasteiger partial charge in [-0.1, -0.05) is 5.21 Å². The summed E-state index contributed by atoms with van der Waals surface area (Å²) in [6.07, 6.45) is 3.75. The number of nitrogens with one attached hydrogen (secondary N) is 3. The number of carbonyl (C=O) groups excluding carboxylic acids is 1. The van der Waals surface area contributed by atoms with E-state index in [1.165, 1.54) is 0 Å². The minimum Gasteiger partial charge on any atom is -0.481 e. The van der Waals surface area contributed by atoms with Crippen molar-refractivity contribution in [3.63, 3.8) is 0 Å². The maximum absolute atomic E-state index is 11.7. The van der Waals surface area contributed by atoms with Crippen molar-refractivity contribution < 1.29 is 29.3 Å². The molecule has 2 amide bonds. The van der Waals surface area contributed by atoms with Gasteiger partial charge in [-0.2, -0.15) is 0 Å². The fourth-order valence-electron chi connectivity index (χ4n) is 2.38. The molecular formula is C17H30N6O6. The third-order valence-electron chi connectivity index (χ3n) is 3.93. The van der Waals surface area contributed by atoms with Crippen LogP contribution in [0.1, 0.15) is 37.8 Å². The maximum atomic E-state index is 11.7. The minimum atomic E-state index is -1.26. The second-order valence-electron chi connectivity index (χ2n) is 6.41. The Morgan fingerprint density at radius 2 is 2.00 bits per heavy atom. The average molecular weight is 414 g/mol. The van der Waals surface area contributed by atoms with Gasteiger partial charge >= 0.3 is 18.0 Å². The molecule has 1 aromatic rings. The molecule has 12 nitrogen and oxygen atoms in total. The van der Waals surface area contributed by atoms with Crippen molar-refractivity contribution >= 4 is 18.0 Å². The Kier molecular flexibility index (Phi) is 12.0. The number of nitrogens with zero attached hydrogens (tertiary/aromatic N) is 3. The maximum Gasteiger partial charge on any atom is 0.326 e. The van der Waals surface area contributed by atoms with Crippen LogP contribution in [0.25, 0.3) is 0 Å². The number of aromatic nitrogens is 3. The number of aryl methyl sites for hydroxylation is 1. The number of urea groups is 1. The first-order valence-electron chi connectivity index (χ1n) is 9.52. The lowest BCUT2D eigenvalue weighted by Crippen LogP contribution is -2.46. The quantitative estimate of drug-likeness (QED) is 0.230. The molecule has 0 bridgehead atoms. The lowest BCUT2D eigenvalue weighted by atomic mass is 10.1. The molecule has 1 heterocycles. The molecule has 0 radical (unpaired) electrons. The van der Waals surface area contributed by atoms with E-state index >= 15 is 0 Å². The number of likely N-dealkylation sites (N-methyl/N-ethyl adjacent to an activating group) is 1. The zero-order chi connectivity index (χ0) is 21.5. The molecule has 0 aliphatic heterocycles. The van der Waals surface area contributed by atoms with Gasteiger partial charge in [-0.3, -0.25) is 9.48 Å². The number of amides is 2. The van der Waals surface area contributed by atoms with E-state index in [-0.39, 0.29) is 12.8 Å². The van der Waals surface area contributed by atoms with Crippen molar-refractivity contribution in [2.45, 2.75) is 51.3 Å². The monoisotopic (exact) mass is 414 g/mol. The summed E-state index contributed by atoms with van der Waals surface area (Å²) in [5, 5.41) is 33.5. The van der Waals surface area contributed by atoms with Crippen LogP contribution in [0.15, 0.2) is 6.20 Å². The molecule has 0 fully saturated rings. The van der Waals surface area contributed by atoms with E-state index in [1.807, 2.05) is 13.2 Å². The number of carboxylic acids is 2. The lowest BCUT2D eigenvalue weighted by molar-refractivity contribution is -0.140. The van der Waals surface area contributed by atoms with E-state index < -0.39 is 24.0 Å². The van der Waals surface area contributed by atoms with Gasteiger partial charge in [0.05, 0.1) is 19.4 Å². The van der Waals surface area contributed by atoms with Crippen LogP contribution in [0, 0.1) is 0 Å². The molecule has 0 spiro atoms. The smallest absolute Gasteiger partial charge is 0.326 e. The van der Waals surface area contributed by atoms with Gasteiger partial charge in [-0.05, 0) is 32.7 Å². The Morgan fingerprint density at radius 3 is 2.69 bits per heavy atom. The molecule has 5 N–H and O–H groups in total. The van der Waals surface area contributed by atoms with E-state index in [0.717, 1.165) is 31.5 Å². The van der Waals surface area contributed by atoms with Crippen molar-refractivity contribution in [2.75, 3.05) is 26.7 Å². The molecule has 0 aromatic carbocycles. The van der Waals surface area contributed by atoms with E-state index in [4.69, 9.17) is 14.9 Å². The Balaban J connectivity index is 2.12. The van der Waals surface area contributed by atoms with E-state index in [2.05, 4.69) is 26.3 Å². The number of carbonyl (C=O) groups is 3. The molecule has 29 heavy (non-hydrogen) atoms. The third-order valence-corrected chi connectivity index (χ3v) is 3.93. The second kappa shape index (κ2) is 14.3. The van der Waals surface area contributed by atoms with Gasteiger partial charge in [0, 0.05) is 26.1 Å². The van der Waals surface area contributed by atoms with Crippen molar-refractivity contribution in [3.8, 4) is 0 Å². The molecule has 0 unspecified atom stereocenters. The van der Waals surface area contributed by atoms with Gasteiger partial charge in [-0.15, -0.1) is 5.10 Å². The molecule has 0 aliphatic carbocycles. The summed E-state index contributed by atoms with van der Waals surface area (Å²) in [7, 11) is 1.86. The minimum absolute atomic E-state index is 0.168. The van der Waals surface area contributed by atoms with Crippen molar-refractivity contribution in [1.82, 2.24) is 30.9 Å². The molecule has 164 valence electrons. The van der Waals surface area contributed by atoms with Gasteiger partial charge in [0.2, 0.25) is 0 Å². The third kappa shape index (κ3) is 11.7. The fourth-order valence-corrected chi connectivity index (χ4v) is 2.38. The molecule has 1 rings (SSSR count). The molecule has 0 saturated heterocycles. The highest BCUT2D eigenvalue weighted by molar-refractivity contribution is 5.82. The highest BCUT2D eigenvalue weighted by atomic mass is 16.5. The standard InChI is InChI=1S/C17H30N6O6/c1-18-8-10-29-12-13-11-23(22-21-13)9-4-2-3-7-19-17(28)20-14(16(26)27)5-6-15(24)25/h11,14,18H,2-10,12H2,1H3,(H,24,25)(H,26,27)(H2,19,20,28)/t14-/m0/s1. The summed E-state index contributed by atoms with van der Waals surface area (Å²) in [4.78, 5) is 33.3. The molecule has 0 saturated carbocycles. The van der Waals surface area contributed by atoms with Gasteiger partial charge < -0.3 is 30.9 Å². The molecule has 12 heteroatoms. The number of rotatable bonds is 16. The highest BCUT2D eigenvalue weighted by Crippen LogP contribution is 2.01. The first-order valence-corrected chi connectivity index (χ1v) is 9.52. The fraction of sp³-hybridized carbons (Fsp3) is 0.706. The second-order valence-corrected chi connectivity index (χ2v) is 6.41. The number of ether oxygens (including phenoxy) is 1. The largest absolute Gasteiger partial charge is 0.481 e. The first-order chi connectivity index (χ1) is 13.9. The average Bonchev–Trinajstić information content (AvgIpc) is 3.12. The Hall–Kier alpha value is -2.73.